The molecule has 3 aromatic rings. The van der Waals surface area contributed by atoms with Crippen molar-refractivity contribution in [1.82, 2.24) is 15.0 Å². The Morgan fingerprint density at radius 3 is 2.58 bits per heavy atom. The number of ether oxygens (including phenoxy) is 1. The van der Waals surface area contributed by atoms with Crippen LogP contribution in [0.1, 0.15) is 21.7 Å². The third-order valence-electron chi connectivity index (χ3n) is 3.45. The summed E-state index contributed by atoms with van der Waals surface area (Å²) in [7, 11) is 0. The van der Waals surface area contributed by atoms with Crippen molar-refractivity contribution in [1.29, 1.82) is 0 Å². The van der Waals surface area contributed by atoms with Crippen LogP contribution in [0.5, 0.6) is 5.75 Å². The summed E-state index contributed by atoms with van der Waals surface area (Å²) in [5.41, 5.74) is 3.36. The number of rotatable bonds is 6. The minimum Gasteiger partial charge on any atom is -0.486 e. The third-order valence-corrected chi connectivity index (χ3v) is 4.41. The molecule has 0 aliphatic carbocycles. The quantitative estimate of drug-likeness (QED) is 0.660. The zero-order valence-corrected chi connectivity index (χ0v) is 15.0. The second kappa shape index (κ2) is 7.59. The van der Waals surface area contributed by atoms with Gasteiger partial charge in [0.2, 0.25) is 0 Å². The average molecular weight is 361 g/mol. The lowest BCUT2D eigenvalue weighted by atomic mass is 10.1. The molecule has 5 nitrogen and oxygen atoms in total. The average Bonchev–Trinajstić information content (AvgIpc) is 3.06. The van der Waals surface area contributed by atoms with E-state index in [-0.39, 0.29) is 0 Å². The van der Waals surface area contributed by atoms with Crippen LogP contribution in [-0.4, -0.2) is 15.0 Å². The molecule has 0 saturated heterocycles. The normalized spacial score (nSPS) is 10.6. The van der Waals surface area contributed by atoms with E-state index in [0.717, 1.165) is 27.4 Å². The van der Waals surface area contributed by atoms with Crippen LogP contribution < -0.4 is 10.1 Å². The van der Waals surface area contributed by atoms with Crippen molar-refractivity contribution in [3.63, 3.8) is 0 Å². The summed E-state index contributed by atoms with van der Waals surface area (Å²) in [6, 6.07) is 5.92. The minimum absolute atomic E-state index is 0.422. The van der Waals surface area contributed by atoms with E-state index in [1.807, 2.05) is 5.38 Å². The molecule has 124 valence electrons. The SMILES string of the molecule is Cc1cc(CNc2cc(Cl)ncn2)cc(C)c1OCc1nccs1. The van der Waals surface area contributed by atoms with Crippen LogP contribution in [0.15, 0.2) is 36.1 Å². The Labute approximate surface area is 149 Å². The molecule has 1 aromatic carbocycles. The minimum atomic E-state index is 0.422. The van der Waals surface area contributed by atoms with Gasteiger partial charge in [-0.3, -0.25) is 0 Å². The second-order valence-corrected chi connectivity index (χ2v) is 6.72. The molecule has 0 radical (unpaired) electrons. The molecule has 3 rings (SSSR count). The van der Waals surface area contributed by atoms with Crippen LogP contribution in [0.25, 0.3) is 0 Å². The van der Waals surface area contributed by atoms with Gasteiger partial charge in [-0.25, -0.2) is 15.0 Å². The standard InChI is InChI=1S/C17H17ClN4OS/c1-11-5-13(8-20-15-7-14(18)21-10-22-15)6-12(2)17(11)23-9-16-19-3-4-24-16/h3-7,10H,8-9H2,1-2H3,(H,20,21,22). The highest BCUT2D eigenvalue weighted by molar-refractivity contribution is 7.09. The molecule has 0 unspecified atom stereocenters. The Hall–Kier alpha value is -2.18. The van der Waals surface area contributed by atoms with Crippen LogP contribution in [0.2, 0.25) is 5.15 Å². The van der Waals surface area contributed by atoms with Gasteiger partial charge in [-0.1, -0.05) is 23.7 Å². The van der Waals surface area contributed by atoms with Gasteiger partial charge in [0.1, 0.15) is 34.7 Å². The number of thiazole rings is 1. The highest BCUT2D eigenvalue weighted by atomic mass is 35.5. The fraction of sp³-hybridized carbons (Fsp3) is 0.235. The number of aryl methyl sites for hydroxylation is 2. The van der Waals surface area contributed by atoms with Crippen molar-refractivity contribution in [3.05, 3.63) is 63.0 Å². The predicted octanol–water partition coefficient (Wildman–Crippen LogP) is 4.39. The third kappa shape index (κ3) is 4.21. The van der Waals surface area contributed by atoms with Gasteiger partial charge in [0.25, 0.3) is 0 Å². The molecule has 0 amide bonds. The van der Waals surface area contributed by atoms with Crippen LogP contribution >= 0.6 is 22.9 Å². The number of halogens is 1. The van der Waals surface area contributed by atoms with E-state index in [4.69, 9.17) is 16.3 Å². The first-order valence-corrected chi connectivity index (χ1v) is 8.70. The molecule has 0 fully saturated rings. The molecule has 0 aliphatic heterocycles. The Morgan fingerprint density at radius 1 is 1.12 bits per heavy atom. The second-order valence-electron chi connectivity index (χ2n) is 5.35. The van der Waals surface area contributed by atoms with Gasteiger partial charge in [0.05, 0.1) is 0 Å². The Kier molecular flexibility index (Phi) is 5.27. The largest absolute Gasteiger partial charge is 0.486 e. The van der Waals surface area contributed by atoms with Crippen molar-refractivity contribution >= 4 is 28.8 Å². The smallest absolute Gasteiger partial charge is 0.140 e. The van der Waals surface area contributed by atoms with E-state index in [0.29, 0.717) is 24.1 Å². The maximum absolute atomic E-state index is 5.93. The monoisotopic (exact) mass is 360 g/mol. The summed E-state index contributed by atoms with van der Waals surface area (Å²) in [5.74, 6) is 1.62. The number of anilines is 1. The summed E-state index contributed by atoms with van der Waals surface area (Å²) in [6.45, 7) is 5.25. The number of benzene rings is 1. The Bertz CT molecular complexity index is 800. The van der Waals surface area contributed by atoms with Crippen molar-refractivity contribution in [2.24, 2.45) is 0 Å². The molecule has 0 aliphatic rings. The molecular formula is C17H17ClN4OS. The Morgan fingerprint density at radius 2 is 1.92 bits per heavy atom. The molecule has 0 spiro atoms. The van der Waals surface area contributed by atoms with Gasteiger partial charge < -0.3 is 10.1 Å². The van der Waals surface area contributed by atoms with Crippen molar-refractivity contribution < 1.29 is 4.74 Å². The maximum Gasteiger partial charge on any atom is 0.140 e. The van der Waals surface area contributed by atoms with Gasteiger partial charge in [-0.2, -0.15) is 0 Å². The van der Waals surface area contributed by atoms with Gasteiger partial charge in [0.15, 0.2) is 0 Å². The molecule has 0 bridgehead atoms. The van der Waals surface area contributed by atoms with Crippen molar-refractivity contribution in [3.8, 4) is 5.75 Å². The van der Waals surface area contributed by atoms with Crippen LogP contribution in [0, 0.1) is 13.8 Å². The van der Waals surface area contributed by atoms with Crippen LogP contribution in [-0.2, 0) is 13.2 Å². The lowest BCUT2D eigenvalue weighted by molar-refractivity contribution is 0.301. The summed E-state index contributed by atoms with van der Waals surface area (Å²) >= 11 is 7.46. The first kappa shape index (κ1) is 16.7. The van der Waals surface area contributed by atoms with E-state index < -0.39 is 0 Å². The van der Waals surface area contributed by atoms with Gasteiger partial charge in [-0.15, -0.1) is 11.3 Å². The molecule has 2 aromatic heterocycles. The first-order chi connectivity index (χ1) is 11.6. The predicted molar refractivity (Wildman–Crippen MR) is 96.7 cm³/mol. The fourth-order valence-electron chi connectivity index (χ4n) is 2.45. The number of nitrogens with zero attached hydrogens (tertiary/aromatic N) is 3. The summed E-state index contributed by atoms with van der Waals surface area (Å²) in [5, 5.41) is 6.59. The van der Waals surface area contributed by atoms with Crippen molar-refractivity contribution in [2.45, 2.75) is 27.0 Å². The van der Waals surface area contributed by atoms with Crippen molar-refractivity contribution in [2.75, 3.05) is 5.32 Å². The van der Waals surface area contributed by atoms with E-state index in [2.05, 4.69) is 46.2 Å². The molecule has 2 heterocycles. The van der Waals surface area contributed by atoms with Crippen LogP contribution in [0.3, 0.4) is 0 Å². The zero-order valence-electron chi connectivity index (χ0n) is 13.4. The van der Waals surface area contributed by atoms with E-state index in [1.165, 1.54) is 6.33 Å². The lowest BCUT2D eigenvalue weighted by Gasteiger charge is -2.14. The topological polar surface area (TPSA) is 59.9 Å². The summed E-state index contributed by atoms with van der Waals surface area (Å²) in [6.07, 6.45) is 3.23. The molecule has 0 saturated carbocycles. The van der Waals surface area contributed by atoms with E-state index in [1.54, 1.807) is 23.6 Å². The van der Waals surface area contributed by atoms with Crippen LogP contribution in [0.4, 0.5) is 5.82 Å². The molecule has 7 heteroatoms. The molecule has 0 atom stereocenters. The fourth-order valence-corrected chi connectivity index (χ4v) is 3.13. The number of nitrogens with one attached hydrogen (secondary N) is 1. The maximum atomic E-state index is 5.93. The van der Waals surface area contributed by atoms with E-state index in [9.17, 15) is 0 Å². The van der Waals surface area contributed by atoms with Gasteiger partial charge in [-0.05, 0) is 30.5 Å². The first-order valence-electron chi connectivity index (χ1n) is 7.44. The highest BCUT2D eigenvalue weighted by Crippen LogP contribution is 2.26. The van der Waals surface area contributed by atoms with E-state index >= 15 is 0 Å². The lowest BCUT2D eigenvalue weighted by Crippen LogP contribution is -2.04. The number of hydrogen-bond acceptors (Lipinski definition) is 6. The number of aromatic nitrogens is 3. The summed E-state index contributed by atoms with van der Waals surface area (Å²) < 4.78 is 5.93. The van der Waals surface area contributed by atoms with Gasteiger partial charge in [0, 0.05) is 24.2 Å². The van der Waals surface area contributed by atoms with Gasteiger partial charge >= 0.3 is 0 Å². The zero-order chi connectivity index (χ0) is 16.9. The number of hydrogen-bond donors (Lipinski definition) is 1. The molecule has 24 heavy (non-hydrogen) atoms. The molecular weight excluding hydrogens is 344 g/mol. The molecule has 1 N–H and O–H groups in total. The summed E-state index contributed by atoms with van der Waals surface area (Å²) in [4.78, 5) is 12.2. The Balaban J connectivity index is 1.67. The highest BCUT2D eigenvalue weighted by Gasteiger charge is 2.08.